The molecule has 2 nitrogen and oxygen atoms in total. The second-order valence-corrected chi connectivity index (χ2v) is 5.72. The fraction of sp³-hybridized carbons (Fsp3) is 0.231. The SMILES string of the molecule is CCc1ccsc1C(NN)c1cc(Cl)ccc1Cl. The van der Waals surface area contributed by atoms with Crippen LogP contribution in [0.5, 0.6) is 0 Å². The van der Waals surface area contributed by atoms with Crippen LogP contribution >= 0.6 is 34.5 Å². The van der Waals surface area contributed by atoms with Crippen LogP contribution in [0.3, 0.4) is 0 Å². The molecule has 0 spiro atoms. The van der Waals surface area contributed by atoms with Crippen LogP contribution < -0.4 is 11.3 Å². The Kier molecular flexibility index (Phi) is 4.65. The van der Waals surface area contributed by atoms with Gasteiger partial charge in [-0.2, -0.15) is 0 Å². The first-order valence-corrected chi connectivity index (χ1v) is 7.28. The Labute approximate surface area is 121 Å². The van der Waals surface area contributed by atoms with Crippen LogP contribution in [0.1, 0.15) is 29.0 Å². The third-order valence-electron chi connectivity index (χ3n) is 2.86. The highest BCUT2D eigenvalue weighted by Gasteiger charge is 2.19. The first-order valence-electron chi connectivity index (χ1n) is 5.64. The number of nitrogens with two attached hydrogens (primary N) is 1. The average molecular weight is 301 g/mol. The van der Waals surface area contributed by atoms with E-state index in [4.69, 9.17) is 29.0 Å². The number of hydrogen-bond acceptors (Lipinski definition) is 3. The van der Waals surface area contributed by atoms with Gasteiger partial charge in [-0.05, 0) is 47.2 Å². The topological polar surface area (TPSA) is 38.0 Å². The van der Waals surface area contributed by atoms with Gasteiger partial charge in [0.15, 0.2) is 0 Å². The summed E-state index contributed by atoms with van der Waals surface area (Å²) in [6, 6.07) is 7.42. The summed E-state index contributed by atoms with van der Waals surface area (Å²) in [5.74, 6) is 5.69. The van der Waals surface area contributed by atoms with E-state index in [-0.39, 0.29) is 6.04 Å². The lowest BCUT2D eigenvalue weighted by Gasteiger charge is -2.18. The summed E-state index contributed by atoms with van der Waals surface area (Å²) >= 11 is 13.9. The van der Waals surface area contributed by atoms with Gasteiger partial charge in [-0.1, -0.05) is 30.1 Å². The molecule has 5 heteroatoms. The number of aryl methyl sites for hydroxylation is 1. The van der Waals surface area contributed by atoms with E-state index in [1.165, 1.54) is 10.4 Å². The molecular weight excluding hydrogens is 287 g/mol. The Morgan fingerprint density at radius 3 is 2.78 bits per heavy atom. The van der Waals surface area contributed by atoms with Crippen molar-refractivity contribution in [2.45, 2.75) is 19.4 Å². The van der Waals surface area contributed by atoms with Crippen LogP contribution in [0.25, 0.3) is 0 Å². The minimum Gasteiger partial charge on any atom is -0.271 e. The molecule has 1 aromatic carbocycles. The van der Waals surface area contributed by atoms with Crippen molar-refractivity contribution in [3.05, 3.63) is 55.7 Å². The molecular formula is C13H14Cl2N2S. The number of hydrogen-bond donors (Lipinski definition) is 2. The maximum Gasteiger partial charge on any atom is 0.0820 e. The zero-order valence-corrected chi connectivity index (χ0v) is 12.2. The lowest BCUT2D eigenvalue weighted by atomic mass is 10.0. The molecule has 18 heavy (non-hydrogen) atoms. The standard InChI is InChI=1S/C13H14Cl2N2S/c1-2-8-5-6-18-13(8)12(17-16)10-7-9(14)3-4-11(10)15/h3-7,12,17H,2,16H2,1H3. The van der Waals surface area contributed by atoms with Crippen LogP contribution in [0, 0.1) is 0 Å². The van der Waals surface area contributed by atoms with Crippen LogP contribution in [0.4, 0.5) is 0 Å². The number of halogens is 2. The molecule has 0 amide bonds. The highest BCUT2D eigenvalue weighted by Crippen LogP contribution is 2.34. The van der Waals surface area contributed by atoms with Gasteiger partial charge in [0.1, 0.15) is 0 Å². The molecule has 1 atom stereocenters. The van der Waals surface area contributed by atoms with Crippen LogP contribution in [0.2, 0.25) is 10.0 Å². The van der Waals surface area contributed by atoms with Gasteiger partial charge in [-0.15, -0.1) is 11.3 Å². The van der Waals surface area contributed by atoms with E-state index in [0.29, 0.717) is 10.0 Å². The molecule has 1 unspecified atom stereocenters. The minimum atomic E-state index is -0.119. The molecule has 0 radical (unpaired) electrons. The first-order chi connectivity index (χ1) is 8.67. The van der Waals surface area contributed by atoms with Gasteiger partial charge in [-0.25, -0.2) is 5.43 Å². The lowest BCUT2D eigenvalue weighted by Crippen LogP contribution is -2.29. The van der Waals surface area contributed by atoms with Crippen molar-refractivity contribution in [2.75, 3.05) is 0 Å². The van der Waals surface area contributed by atoms with Crippen molar-refractivity contribution in [3.63, 3.8) is 0 Å². The average Bonchev–Trinajstić information content (AvgIpc) is 2.83. The summed E-state index contributed by atoms with van der Waals surface area (Å²) in [7, 11) is 0. The highest BCUT2D eigenvalue weighted by atomic mass is 35.5. The Morgan fingerprint density at radius 1 is 1.33 bits per heavy atom. The monoisotopic (exact) mass is 300 g/mol. The predicted octanol–water partition coefficient (Wildman–Crippen LogP) is 4.17. The van der Waals surface area contributed by atoms with Crippen LogP contribution in [-0.2, 0) is 6.42 Å². The molecule has 2 rings (SSSR count). The summed E-state index contributed by atoms with van der Waals surface area (Å²) in [6.45, 7) is 2.12. The molecule has 96 valence electrons. The number of hydrazine groups is 1. The van der Waals surface area contributed by atoms with Crippen LogP contribution in [-0.4, -0.2) is 0 Å². The second-order valence-electron chi connectivity index (χ2n) is 3.93. The number of rotatable bonds is 4. The molecule has 2 aromatic rings. The summed E-state index contributed by atoms with van der Waals surface area (Å²) < 4.78 is 0. The van der Waals surface area contributed by atoms with E-state index < -0.39 is 0 Å². The smallest absolute Gasteiger partial charge is 0.0820 e. The van der Waals surface area contributed by atoms with Gasteiger partial charge in [0.25, 0.3) is 0 Å². The third-order valence-corrected chi connectivity index (χ3v) is 4.46. The van der Waals surface area contributed by atoms with Gasteiger partial charge in [-0.3, -0.25) is 5.84 Å². The van der Waals surface area contributed by atoms with Crippen LogP contribution in [0.15, 0.2) is 29.6 Å². The molecule has 0 saturated carbocycles. The summed E-state index contributed by atoms with van der Waals surface area (Å²) in [6.07, 6.45) is 0.967. The Balaban J connectivity index is 2.48. The fourth-order valence-corrected chi connectivity index (χ4v) is 3.42. The highest BCUT2D eigenvalue weighted by molar-refractivity contribution is 7.10. The fourth-order valence-electron chi connectivity index (χ4n) is 1.94. The van der Waals surface area contributed by atoms with Gasteiger partial charge in [0.05, 0.1) is 6.04 Å². The van der Waals surface area contributed by atoms with Gasteiger partial charge in [0, 0.05) is 14.9 Å². The molecule has 0 saturated heterocycles. The molecule has 1 aromatic heterocycles. The molecule has 0 bridgehead atoms. The first kappa shape index (κ1) is 13.8. The van der Waals surface area contributed by atoms with E-state index in [0.717, 1.165) is 12.0 Å². The van der Waals surface area contributed by atoms with Gasteiger partial charge >= 0.3 is 0 Å². The third kappa shape index (κ3) is 2.71. The van der Waals surface area contributed by atoms with E-state index in [9.17, 15) is 0 Å². The molecule has 0 aliphatic heterocycles. The predicted molar refractivity (Wildman–Crippen MR) is 79.3 cm³/mol. The number of benzene rings is 1. The zero-order valence-electron chi connectivity index (χ0n) is 9.91. The van der Waals surface area contributed by atoms with Crippen molar-refractivity contribution in [2.24, 2.45) is 5.84 Å². The summed E-state index contributed by atoms with van der Waals surface area (Å²) in [4.78, 5) is 1.18. The Morgan fingerprint density at radius 2 is 2.11 bits per heavy atom. The van der Waals surface area contributed by atoms with Gasteiger partial charge < -0.3 is 0 Å². The number of nitrogens with one attached hydrogen (secondary N) is 1. The molecule has 3 N–H and O–H groups in total. The molecule has 1 heterocycles. The maximum absolute atomic E-state index is 6.23. The second kappa shape index (κ2) is 6.04. The Hall–Kier alpha value is -0.580. The normalized spacial score (nSPS) is 12.7. The largest absolute Gasteiger partial charge is 0.271 e. The van der Waals surface area contributed by atoms with E-state index in [1.807, 2.05) is 6.07 Å². The van der Waals surface area contributed by atoms with Crippen molar-refractivity contribution in [1.29, 1.82) is 0 Å². The zero-order chi connectivity index (χ0) is 13.1. The van der Waals surface area contributed by atoms with Crippen molar-refractivity contribution < 1.29 is 0 Å². The quantitative estimate of drug-likeness (QED) is 0.657. The molecule has 0 aliphatic rings. The minimum absolute atomic E-state index is 0.119. The van der Waals surface area contributed by atoms with Crippen molar-refractivity contribution >= 4 is 34.5 Å². The van der Waals surface area contributed by atoms with Crippen molar-refractivity contribution in [1.82, 2.24) is 5.43 Å². The van der Waals surface area contributed by atoms with Gasteiger partial charge in [0.2, 0.25) is 0 Å². The molecule has 0 aliphatic carbocycles. The Bertz CT molecular complexity index is 540. The van der Waals surface area contributed by atoms with E-state index in [1.54, 1.807) is 23.5 Å². The van der Waals surface area contributed by atoms with Crippen molar-refractivity contribution in [3.8, 4) is 0 Å². The number of thiophene rings is 1. The summed E-state index contributed by atoms with van der Waals surface area (Å²) in [5.41, 5.74) is 5.01. The summed E-state index contributed by atoms with van der Waals surface area (Å²) in [5, 5.41) is 3.39. The maximum atomic E-state index is 6.23. The lowest BCUT2D eigenvalue weighted by molar-refractivity contribution is 0.642. The molecule has 0 fully saturated rings. The van der Waals surface area contributed by atoms with E-state index >= 15 is 0 Å². The van der Waals surface area contributed by atoms with E-state index in [2.05, 4.69) is 23.8 Å².